The van der Waals surface area contributed by atoms with Gasteiger partial charge in [-0.05, 0) is 54.8 Å². The highest BCUT2D eigenvalue weighted by Crippen LogP contribution is 2.29. The van der Waals surface area contributed by atoms with Crippen LogP contribution in [0, 0.1) is 13.8 Å². The van der Waals surface area contributed by atoms with Crippen LogP contribution < -0.4 is 15.7 Å². The topological polar surface area (TPSA) is 81.0 Å². The first-order chi connectivity index (χ1) is 15.0. The maximum atomic E-state index is 12.4. The molecule has 1 aliphatic heterocycles. The van der Waals surface area contributed by atoms with E-state index in [2.05, 4.69) is 10.2 Å². The molecule has 2 aromatic carbocycles. The lowest BCUT2D eigenvalue weighted by Crippen LogP contribution is -2.35. The fraction of sp³-hybridized carbons (Fsp3) is 0.333. The predicted molar refractivity (Wildman–Crippen MR) is 119 cm³/mol. The first-order valence-electron chi connectivity index (χ1n) is 10.3. The van der Waals surface area contributed by atoms with Crippen molar-refractivity contribution in [2.45, 2.75) is 20.4 Å². The molecule has 1 aromatic heterocycles. The van der Waals surface area contributed by atoms with Gasteiger partial charge in [-0.2, -0.15) is 0 Å². The van der Waals surface area contributed by atoms with Gasteiger partial charge in [0.15, 0.2) is 6.61 Å². The Morgan fingerprint density at radius 1 is 1.10 bits per heavy atom. The van der Waals surface area contributed by atoms with Crippen LogP contribution in [0.15, 0.2) is 51.7 Å². The average Bonchev–Trinajstić information content (AvgIpc) is 2.73. The van der Waals surface area contributed by atoms with Gasteiger partial charge in [-0.25, -0.2) is 4.79 Å². The van der Waals surface area contributed by atoms with E-state index < -0.39 is 5.63 Å². The van der Waals surface area contributed by atoms with Crippen LogP contribution in [0.1, 0.15) is 16.7 Å². The van der Waals surface area contributed by atoms with Crippen molar-refractivity contribution in [3.63, 3.8) is 0 Å². The lowest BCUT2D eigenvalue weighted by molar-refractivity contribution is -0.118. The fourth-order valence-corrected chi connectivity index (χ4v) is 3.74. The minimum atomic E-state index is -0.406. The highest BCUT2D eigenvalue weighted by Gasteiger charge is 2.13. The van der Waals surface area contributed by atoms with Crippen molar-refractivity contribution in [1.29, 1.82) is 0 Å². The quantitative estimate of drug-likeness (QED) is 0.614. The molecule has 7 nitrogen and oxygen atoms in total. The second-order valence-corrected chi connectivity index (χ2v) is 7.81. The van der Waals surface area contributed by atoms with E-state index in [9.17, 15) is 9.59 Å². The molecule has 0 aliphatic carbocycles. The third kappa shape index (κ3) is 5.31. The van der Waals surface area contributed by atoms with E-state index in [1.54, 1.807) is 6.07 Å². The Kier molecular flexibility index (Phi) is 6.34. The summed E-state index contributed by atoms with van der Waals surface area (Å²) in [7, 11) is 0. The first kappa shape index (κ1) is 21.1. The number of nitrogens with zero attached hydrogens (tertiary/aromatic N) is 1. The Morgan fingerprint density at radius 2 is 1.84 bits per heavy atom. The summed E-state index contributed by atoms with van der Waals surface area (Å²) in [6.07, 6.45) is 0. The van der Waals surface area contributed by atoms with Crippen LogP contribution in [0.4, 0.5) is 5.69 Å². The molecule has 0 atom stereocenters. The van der Waals surface area contributed by atoms with Gasteiger partial charge in [0.1, 0.15) is 11.3 Å². The fourth-order valence-electron chi connectivity index (χ4n) is 3.74. The molecule has 0 radical (unpaired) electrons. The summed E-state index contributed by atoms with van der Waals surface area (Å²) < 4.78 is 16.4. The van der Waals surface area contributed by atoms with Crippen LogP contribution in [0.2, 0.25) is 0 Å². The molecule has 2 heterocycles. The molecule has 162 valence electrons. The van der Waals surface area contributed by atoms with Crippen LogP contribution in [-0.4, -0.2) is 43.7 Å². The van der Waals surface area contributed by atoms with Gasteiger partial charge >= 0.3 is 5.63 Å². The molecular formula is C24H26N2O5. The largest absolute Gasteiger partial charge is 0.483 e. The number of morpholine rings is 1. The van der Waals surface area contributed by atoms with Crippen LogP contribution >= 0.6 is 0 Å². The minimum Gasteiger partial charge on any atom is -0.483 e. The van der Waals surface area contributed by atoms with Crippen LogP contribution in [-0.2, 0) is 16.1 Å². The molecule has 0 bridgehead atoms. The maximum Gasteiger partial charge on any atom is 0.336 e. The third-order valence-electron chi connectivity index (χ3n) is 5.26. The lowest BCUT2D eigenvalue weighted by Gasteiger charge is -2.26. The van der Waals surface area contributed by atoms with E-state index in [0.29, 0.717) is 16.7 Å². The summed E-state index contributed by atoms with van der Waals surface area (Å²) in [6, 6.07) is 12.9. The third-order valence-corrected chi connectivity index (χ3v) is 5.26. The summed E-state index contributed by atoms with van der Waals surface area (Å²) in [6.45, 7) is 7.85. The Bertz CT molecular complexity index is 1130. The van der Waals surface area contributed by atoms with E-state index in [1.165, 1.54) is 11.6 Å². The first-order valence-corrected chi connectivity index (χ1v) is 10.3. The zero-order valence-electron chi connectivity index (χ0n) is 17.8. The Hall–Kier alpha value is -3.16. The number of carbonyl (C=O) groups is 1. The van der Waals surface area contributed by atoms with Crippen molar-refractivity contribution in [1.82, 2.24) is 4.90 Å². The monoisotopic (exact) mass is 422 g/mol. The number of carbonyl (C=O) groups excluding carboxylic acids is 1. The Morgan fingerprint density at radius 3 is 2.58 bits per heavy atom. The number of rotatable bonds is 6. The number of ether oxygens (including phenoxy) is 2. The van der Waals surface area contributed by atoms with Crippen LogP contribution in [0.25, 0.3) is 11.0 Å². The van der Waals surface area contributed by atoms with Gasteiger partial charge in [0, 0.05) is 31.4 Å². The zero-order chi connectivity index (χ0) is 21.8. The van der Waals surface area contributed by atoms with Gasteiger partial charge < -0.3 is 19.2 Å². The molecule has 1 fully saturated rings. The van der Waals surface area contributed by atoms with E-state index in [4.69, 9.17) is 13.9 Å². The number of hydrogen-bond donors (Lipinski definition) is 1. The molecule has 1 saturated heterocycles. The molecule has 1 N–H and O–H groups in total. The molecular weight excluding hydrogens is 396 g/mol. The van der Waals surface area contributed by atoms with Crippen molar-refractivity contribution < 1.29 is 18.7 Å². The number of nitrogens with one attached hydrogen (secondary N) is 1. The standard InChI is InChI=1S/C24H26N2O5/c1-16-11-20(24-17(2)13-23(28)31-21(24)12-16)30-15-22(27)25-19-5-3-18(4-6-19)14-26-7-9-29-10-8-26/h3-6,11-13H,7-10,14-15H2,1-2H3,(H,25,27). The van der Waals surface area contributed by atoms with Gasteiger partial charge in [-0.15, -0.1) is 0 Å². The van der Waals surface area contributed by atoms with E-state index >= 15 is 0 Å². The molecule has 1 aliphatic rings. The molecule has 31 heavy (non-hydrogen) atoms. The highest BCUT2D eigenvalue weighted by atomic mass is 16.5. The summed E-state index contributed by atoms with van der Waals surface area (Å²) >= 11 is 0. The molecule has 1 amide bonds. The van der Waals surface area contributed by atoms with Gasteiger partial charge in [0.05, 0.1) is 18.6 Å². The van der Waals surface area contributed by atoms with E-state index in [0.717, 1.165) is 49.7 Å². The summed E-state index contributed by atoms with van der Waals surface area (Å²) in [5, 5.41) is 3.56. The molecule has 7 heteroatoms. The number of anilines is 1. The van der Waals surface area contributed by atoms with Gasteiger partial charge in [0.25, 0.3) is 5.91 Å². The maximum absolute atomic E-state index is 12.4. The van der Waals surface area contributed by atoms with Crippen molar-refractivity contribution >= 4 is 22.6 Å². The summed E-state index contributed by atoms with van der Waals surface area (Å²) in [4.78, 5) is 26.4. The number of hydrogen-bond acceptors (Lipinski definition) is 6. The Labute approximate surface area is 180 Å². The number of amides is 1. The number of fused-ring (bicyclic) bond motifs is 1. The lowest BCUT2D eigenvalue weighted by atomic mass is 10.1. The van der Waals surface area contributed by atoms with Crippen molar-refractivity contribution in [3.8, 4) is 5.75 Å². The van der Waals surface area contributed by atoms with Gasteiger partial charge in [-0.3, -0.25) is 9.69 Å². The van der Waals surface area contributed by atoms with E-state index in [1.807, 2.05) is 44.2 Å². The van der Waals surface area contributed by atoms with Crippen LogP contribution in [0.3, 0.4) is 0 Å². The zero-order valence-corrected chi connectivity index (χ0v) is 17.8. The Balaban J connectivity index is 1.38. The van der Waals surface area contributed by atoms with Gasteiger partial charge in [-0.1, -0.05) is 12.1 Å². The summed E-state index contributed by atoms with van der Waals surface area (Å²) in [5.74, 6) is 0.262. The predicted octanol–water partition coefficient (Wildman–Crippen LogP) is 3.26. The minimum absolute atomic E-state index is 0.146. The number of aryl methyl sites for hydroxylation is 2. The summed E-state index contributed by atoms with van der Waals surface area (Å²) in [5.41, 5.74) is 3.59. The second kappa shape index (κ2) is 9.32. The van der Waals surface area contributed by atoms with Crippen molar-refractivity contribution in [3.05, 3.63) is 69.6 Å². The highest BCUT2D eigenvalue weighted by molar-refractivity contribution is 5.93. The normalized spacial score (nSPS) is 14.5. The second-order valence-electron chi connectivity index (χ2n) is 7.81. The van der Waals surface area contributed by atoms with Gasteiger partial charge in [0.2, 0.25) is 0 Å². The van der Waals surface area contributed by atoms with Crippen molar-refractivity contribution in [2.24, 2.45) is 0 Å². The molecule has 0 spiro atoms. The van der Waals surface area contributed by atoms with Crippen molar-refractivity contribution in [2.75, 3.05) is 38.2 Å². The SMILES string of the molecule is Cc1cc(OCC(=O)Nc2ccc(CN3CCOCC3)cc2)c2c(C)cc(=O)oc2c1. The molecule has 3 aromatic rings. The number of benzene rings is 2. The average molecular weight is 422 g/mol. The molecule has 0 saturated carbocycles. The van der Waals surface area contributed by atoms with E-state index in [-0.39, 0.29) is 12.5 Å². The van der Waals surface area contributed by atoms with Crippen LogP contribution in [0.5, 0.6) is 5.75 Å². The smallest absolute Gasteiger partial charge is 0.336 e. The molecule has 0 unspecified atom stereocenters. The molecule has 4 rings (SSSR count).